The van der Waals surface area contributed by atoms with Crippen LogP contribution in [0.5, 0.6) is 5.75 Å². The fourth-order valence-electron chi connectivity index (χ4n) is 2.20. The highest BCUT2D eigenvalue weighted by Crippen LogP contribution is 2.29. The summed E-state index contributed by atoms with van der Waals surface area (Å²) < 4.78 is 1.45. The van der Waals surface area contributed by atoms with Crippen LogP contribution in [-0.4, -0.2) is 20.1 Å². The molecule has 0 radical (unpaired) electrons. The average Bonchev–Trinajstić information content (AvgIpc) is 2.82. The van der Waals surface area contributed by atoms with Crippen LogP contribution in [0.15, 0.2) is 42.5 Å². The van der Waals surface area contributed by atoms with Gasteiger partial charge in [0.1, 0.15) is 17.1 Å². The summed E-state index contributed by atoms with van der Waals surface area (Å²) in [7, 11) is 0. The molecule has 5 nitrogen and oxygen atoms in total. The van der Waals surface area contributed by atoms with Crippen LogP contribution in [-0.2, 0) is 0 Å². The largest absolute Gasteiger partial charge is 0.506 e. The normalized spacial score (nSPS) is 10.8. The number of hydrogen-bond acceptors (Lipinski definition) is 4. The third kappa shape index (κ3) is 2.33. The van der Waals surface area contributed by atoms with Gasteiger partial charge in [-0.15, -0.1) is 5.10 Å². The van der Waals surface area contributed by atoms with Gasteiger partial charge in [0.2, 0.25) is 0 Å². The number of nitrogens with two attached hydrogens (primary N) is 1. The molecule has 5 heteroatoms. The average molecular weight is 280 g/mol. The highest BCUT2D eigenvalue weighted by Gasteiger charge is 2.15. The maximum atomic E-state index is 10.0. The summed E-state index contributed by atoms with van der Waals surface area (Å²) >= 11 is 0. The van der Waals surface area contributed by atoms with Crippen LogP contribution in [0.25, 0.3) is 16.9 Å². The summed E-state index contributed by atoms with van der Waals surface area (Å²) in [6, 6.07) is 13.2. The van der Waals surface area contributed by atoms with Crippen molar-refractivity contribution in [3.05, 3.63) is 53.6 Å². The summed E-state index contributed by atoms with van der Waals surface area (Å²) in [4.78, 5) is 0. The third-order valence-corrected chi connectivity index (χ3v) is 3.39. The lowest BCUT2D eigenvalue weighted by Crippen LogP contribution is -2.02. The van der Waals surface area contributed by atoms with E-state index in [0.29, 0.717) is 17.2 Å². The first-order chi connectivity index (χ1) is 10.1. The second-order valence-electron chi connectivity index (χ2n) is 5.09. The minimum absolute atomic E-state index is 0.127. The van der Waals surface area contributed by atoms with E-state index >= 15 is 0 Å². The molecule has 0 aliphatic carbocycles. The molecular formula is C16H16N4O. The van der Waals surface area contributed by atoms with Gasteiger partial charge in [-0.3, -0.25) is 0 Å². The van der Waals surface area contributed by atoms with Gasteiger partial charge in [-0.25, -0.2) is 0 Å². The number of aryl methyl sites for hydroxylation is 2. The Hall–Kier alpha value is -2.82. The van der Waals surface area contributed by atoms with E-state index in [1.54, 1.807) is 12.1 Å². The van der Waals surface area contributed by atoms with Crippen LogP contribution >= 0.6 is 0 Å². The van der Waals surface area contributed by atoms with E-state index in [0.717, 1.165) is 11.1 Å². The van der Waals surface area contributed by atoms with E-state index < -0.39 is 0 Å². The Morgan fingerprint density at radius 1 is 1.00 bits per heavy atom. The molecule has 1 aromatic heterocycles. The summed E-state index contributed by atoms with van der Waals surface area (Å²) in [6.07, 6.45) is 0. The van der Waals surface area contributed by atoms with Crippen LogP contribution in [0.4, 0.5) is 5.82 Å². The number of benzene rings is 2. The summed E-state index contributed by atoms with van der Waals surface area (Å²) in [5.74, 6) is 0.528. The predicted octanol–water partition coefficient (Wildman–Crippen LogP) is 2.84. The molecule has 2 aromatic carbocycles. The Morgan fingerprint density at radius 3 is 2.33 bits per heavy atom. The van der Waals surface area contributed by atoms with E-state index in [-0.39, 0.29) is 5.75 Å². The minimum Gasteiger partial charge on any atom is -0.506 e. The van der Waals surface area contributed by atoms with Crippen LogP contribution in [0.1, 0.15) is 11.1 Å². The van der Waals surface area contributed by atoms with Gasteiger partial charge < -0.3 is 10.8 Å². The molecule has 0 fully saturated rings. The van der Waals surface area contributed by atoms with E-state index in [1.807, 2.05) is 44.2 Å². The van der Waals surface area contributed by atoms with Gasteiger partial charge >= 0.3 is 0 Å². The van der Waals surface area contributed by atoms with Crippen LogP contribution < -0.4 is 5.73 Å². The molecule has 106 valence electrons. The molecule has 0 saturated heterocycles. The number of rotatable bonds is 2. The first-order valence-corrected chi connectivity index (χ1v) is 6.64. The number of nitrogen functional groups attached to an aromatic ring is 1. The molecule has 3 aromatic rings. The molecule has 0 atom stereocenters. The van der Waals surface area contributed by atoms with E-state index in [2.05, 4.69) is 10.3 Å². The maximum Gasteiger partial charge on any atom is 0.156 e. The van der Waals surface area contributed by atoms with Crippen LogP contribution in [0, 0.1) is 13.8 Å². The molecule has 0 saturated carbocycles. The van der Waals surface area contributed by atoms with Crippen molar-refractivity contribution in [1.82, 2.24) is 15.0 Å². The van der Waals surface area contributed by atoms with Crippen LogP contribution in [0.3, 0.4) is 0 Å². The number of phenolic OH excluding ortho intramolecular Hbond substituents is 1. The molecule has 0 aliphatic rings. The second kappa shape index (κ2) is 4.94. The maximum absolute atomic E-state index is 10.0. The topological polar surface area (TPSA) is 77.0 Å². The Bertz CT molecular complexity index is 791. The summed E-state index contributed by atoms with van der Waals surface area (Å²) in [6.45, 7) is 3.93. The van der Waals surface area contributed by atoms with E-state index in [4.69, 9.17) is 5.73 Å². The van der Waals surface area contributed by atoms with Gasteiger partial charge in [0.15, 0.2) is 5.82 Å². The predicted molar refractivity (Wildman–Crippen MR) is 82.3 cm³/mol. The quantitative estimate of drug-likeness (QED) is 0.756. The number of phenols is 1. The van der Waals surface area contributed by atoms with Crippen molar-refractivity contribution in [2.75, 3.05) is 5.73 Å². The van der Waals surface area contributed by atoms with Crippen LogP contribution in [0.2, 0.25) is 0 Å². The van der Waals surface area contributed by atoms with Gasteiger partial charge in [0.25, 0.3) is 0 Å². The molecule has 0 aliphatic heterocycles. The van der Waals surface area contributed by atoms with Crippen molar-refractivity contribution in [3.63, 3.8) is 0 Å². The second-order valence-corrected chi connectivity index (χ2v) is 5.09. The van der Waals surface area contributed by atoms with Gasteiger partial charge in [0, 0.05) is 5.56 Å². The Kier molecular flexibility index (Phi) is 3.10. The summed E-state index contributed by atoms with van der Waals surface area (Å²) in [5, 5.41) is 18.2. The first-order valence-electron chi connectivity index (χ1n) is 6.64. The molecule has 1 heterocycles. The Labute approximate surface area is 122 Å². The smallest absolute Gasteiger partial charge is 0.156 e. The van der Waals surface area contributed by atoms with Gasteiger partial charge in [-0.2, -0.15) is 4.68 Å². The third-order valence-electron chi connectivity index (χ3n) is 3.39. The van der Waals surface area contributed by atoms with Gasteiger partial charge in [-0.05, 0) is 31.5 Å². The van der Waals surface area contributed by atoms with Gasteiger partial charge in [-0.1, -0.05) is 41.1 Å². The lowest BCUT2D eigenvalue weighted by Gasteiger charge is -2.07. The number of anilines is 1. The number of aromatic hydroxyl groups is 1. The van der Waals surface area contributed by atoms with Crippen molar-refractivity contribution in [2.45, 2.75) is 13.8 Å². The fraction of sp³-hybridized carbons (Fsp3) is 0.125. The van der Waals surface area contributed by atoms with E-state index in [9.17, 15) is 5.11 Å². The fourth-order valence-corrected chi connectivity index (χ4v) is 2.20. The van der Waals surface area contributed by atoms with Crippen molar-refractivity contribution in [2.24, 2.45) is 0 Å². The van der Waals surface area contributed by atoms with Crippen molar-refractivity contribution in [3.8, 4) is 22.7 Å². The molecule has 0 bridgehead atoms. The number of hydrogen-bond donors (Lipinski definition) is 2. The zero-order chi connectivity index (χ0) is 15.0. The zero-order valence-corrected chi connectivity index (χ0v) is 11.9. The number of nitrogens with zero attached hydrogens (tertiary/aromatic N) is 3. The molecule has 0 amide bonds. The molecule has 3 N–H and O–H groups in total. The minimum atomic E-state index is 0.127. The lowest BCUT2D eigenvalue weighted by molar-refractivity contribution is 0.469. The molecule has 21 heavy (non-hydrogen) atoms. The van der Waals surface area contributed by atoms with Crippen molar-refractivity contribution in [1.29, 1.82) is 0 Å². The zero-order valence-electron chi connectivity index (χ0n) is 11.9. The van der Waals surface area contributed by atoms with Crippen molar-refractivity contribution < 1.29 is 5.11 Å². The molecule has 0 spiro atoms. The van der Waals surface area contributed by atoms with Gasteiger partial charge in [0.05, 0.1) is 0 Å². The lowest BCUT2D eigenvalue weighted by atomic mass is 10.1. The standard InChI is InChI=1S/C16H16N4O/c1-10-3-6-12(7-4-10)15-16(17)20(19-18-15)13-8-5-11(2)9-14(13)21/h3-9,21H,17H2,1-2H3. The molecular weight excluding hydrogens is 264 g/mol. The molecule has 0 unspecified atom stereocenters. The summed E-state index contributed by atoms with van der Waals surface area (Å²) in [5.41, 5.74) is 10.3. The molecule has 3 rings (SSSR count). The Morgan fingerprint density at radius 2 is 1.67 bits per heavy atom. The Balaban J connectivity index is 2.09. The number of aromatic nitrogens is 3. The highest BCUT2D eigenvalue weighted by atomic mass is 16.3. The highest BCUT2D eigenvalue weighted by molar-refractivity contribution is 5.71. The van der Waals surface area contributed by atoms with E-state index in [1.165, 1.54) is 10.2 Å². The first kappa shape index (κ1) is 13.2. The monoisotopic (exact) mass is 280 g/mol. The SMILES string of the molecule is Cc1ccc(-c2nnn(-c3ccc(C)cc3O)c2N)cc1. The van der Waals surface area contributed by atoms with Crippen molar-refractivity contribution >= 4 is 5.82 Å².